The van der Waals surface area contributed by atoms with Gasteiger partial charge in [0.15, 0.2) is 0 Å². The van der Waals surface area contributed by atoms with Crippen molar-refractivity contribution in [2.75, 3.05) is 25.0 Å². The summed E-state index contributed by atoms with van der Waals surface area (Å²) in [5.74, 6) is -0.289. The van der Waals surface area contributed by atoms with Crippen LogP contribution in [-0.2, 0) is 11.3 Å². The Kier molecular flexibility index (Phi) is 6.45. The number of nitrogens with zero attached hydrogens (tertiary/aromatic N) is 1. The molecule has 1 aromatic rings. The van der Waals surface area contributed by atoms with Gasteiger partial charge in [0.2, 0.25) is 5.91 Å². The van der Waals surface area contributed by atoms with Crippen molar-refractivity contribution in [2.45, 2.75) is 33.4 Å². The van der Waals surface area contributed by atoms with E-state index >= 15 is 0 Å². The van der Waals surface area contributed by atoms with E-state index < -0.39 is 0 Å². The molecule has 0 saturated heterocycles. The van der Waals surface area contributed by atoms with Crippen molar-refractivity contribution in [3.8, 4) is 0 Å². The number of anilines is 1. The topological polar surface area (TPSA) is 44.4 Å². The summed E-state index contributed by atoms with van der Waals surface area (Å²) >= 11 is 0. The van der Waals surface area contributed by atoms with Gasteiger partial charge in [-0.1, -0.05) is 0 Å². The molecule has 4 nitrogen and oxygen atoms in total. The third kappa shape index (κ3) is 4.81. The Morgan fingerprint density at radius 3 is 2.65 bits per heavy atom. The lowest BCUT2D eigenvalue weighted by molar-refractivity contribution is -0.120. The van der Waals surface area contributed by atoms with Crippen LogP contribution in [0.4, 0.5) is 10.1 Å². The summed E-state index contributed by atoms with van der Waals surface area (Å²) in [6.07, 6.45) is 0. The van der Waals surface area contributed by atoms with Crippen LogP contribution < -0.4 is 15.5 Å². The number of halogens is 1. The van der Waals surface area contributed by atoms with Crippen molar-refractivity contribution in [3.63, 3.8) is 0 Å². The van der Waals surface area contributed by atoms with Gasteiger partial charge in [0.25, 0.3) is 0 Å². The number of hydrogen-bond acceptors (Lipinski definition) is 3. The van der Waals surface area contributed by atoms with Gasteiger partial charge in [0.05, 0.1) is 6.54 Å². The van der Waals surface area contributed by atoms with Crippen LogP contribution in [0.5, 0.6) is 0 Å². The molecule has 0 aliphatic heterocycles. The zero-order chi connectivity index (χ0) is 15.1. The standard InChI is InChI=1S/C15H24FN3O/c1-5-19(10-15(20)18-11(2)3)14-7-6-13(16)8-12(14)9-17-4/h6-8,11,17H,5,9-10H2,1-4H3,(H,18,20). The fraction of sp³-hybridized carbons (Fsp3) is 0.533. The van der Waals surface area contributed by atoms with Crippen molar-refractivity contribution in [3.05, 3.63) is 29.6 Å². The normalized spacial score (nSPS) is 10.7. The molecule has 1 rings (SSSR count). The van der Waals surface area contributed by atoms with E-state index in [9.17, 15) is 9.18 Å². The summed E-state index contributed by atoms with van der Waals surface area (Å²) in [7, 11) is 1.82. The highest BCUT2D eigenvalue weighted by Gasteiger charge is 2.14. The lowest BCUT2D eigenvalue weighted by Gasteiger charge is -2.25. The summed E-state index contributed by atoms with van der Waals surface area (Å²) in [5.41, 5.74) is 1.74. The molecule has 0 aromatic heterocycles. The molecule has 0 bridgehead atoms. The van der Waals surface area contributed by atoms with Gasteiger partial charge in [-0.15, -0.1) is 0 Å². The van der Waals surface area contributed by atoms with Crippen molar-refractivity contribution < 1.29 is 9.18 Å². The molecule has 0 heterocycles. The Hall–Kier alpha value is -1.62. The lowest BCUT2D eigenvalue weighted by atomic mass is 10.1. The fourth-order valence-electron chi connectivity index (χ4n) is 2.10. The highest BCUT2D eigenvalue weighted by Crippen LogP contribution is 2.21. The highest BCUT2D eigenvalue weighted by atomic mass is 19.1. The van der Waals surface area contributed by atoms with Crippen LogP contribution in [0.15, 0.2) is 18.2 Å². The molecule has 112 valence electrons. The van der Waals surface area contributed by atoms with Gasteiger partial charge in [-0.25, -0.2) is 4.39 Å². The van der Waals surface area contributed by atoms with Gasteiger partial charge in [0.1, 0.15) is 5.82 Å². The zero-order valence-electron chi connectivity index (χ0n) is 12.7. The molecule has 5 heteroatoms. The van der Waals surface area contributed by atoms with Crippen LogP contribution >= 0.6 is 0 Å². The van der Waals surface area contributed by atoms with Gasteiger partial charge in [-0.05, 0) is 51.6 Å². The smallest absolute Gasteiger partial charge is 0.239 e. The maximum absolute atomic E-state index is 13.3. The van der Waals surface area contributed by atoms with E-state index in [0.717, 1.165) is 11.3 Å². The van der Waals surface area contributed by atoms with Crippen molar-refractivity contribution in [1.29, 1.82) is 0 Å². The van der Waals surface area contributed by atoms with E-state index in [-0.39, 0.29) is 24.3 Å². The lowest BCUT2D eigenvalue weighted by Crippen LogP contribution is -2.40. The summed E-state index contributed by atoms with van der Waals surface area (Å²) in [5, 5.41) is 5.89. The second kappa shape index (κ2) is 7.85. The number of carbonyl (C=O) groups is 1. The number of amides is 1. The predicted octanol–water partition coefficient (Wildman–Crippen LogP) is 1.90. The van der Waals surface area contributed by atoms with Gasteiger partial charge in [-0.2, -0.15) is 0 Å². The second-order valence-corrected chi connectivity index (χ2v) is 5.04. The summed E-state index contributed by atoms with van der Waals surface area (Å²) in [4.78, 5) is 13.8. The van der Waals surface area contributed by atoms with E-state index in [4.69, 9.17) is 0 Å². The molecule has 0 spiro atoms. The monoisotopic (exact) mass is 281 g/mol. The van der Waals surface area contributed by atoms with Gasteiger partial charge in [0, 0.05) is 24.8 Å². The maximum atomic E-state index is 13.3. The molecule has 0 unspecified atom stereocenters. The molecule has 0 fully saturated rings. The molecule has 0 aliphatic rings. The minimum atomic E-state index is -0.262. The van der Waals surface area contributed by atoms with Gasteiger partial charge >= 0.3 is 0 Å². The van der Waals surface area contributed by atoms with Crippen molar-refractivity contribution >= 4 is 11.6 Å². The van der Waals surface area contributed by atoms with Crippen LogP contribution in [0.2, 0.25) is 0 Å². The third-order valence-electron chi connectivity index (χ3n) is 2.92. The Bertz CT molecular complexity index is 449. The minimum absolute atomic E-state index is 0.0263. The molecule has 20 heavy (non-hydrogen) atoms. The number of carbonyl (C=O) groups excluding carboxylic acids is 1. The number of likely N-dealkylation sites (N-methyl/N-ethyl adjacent to an activating group) is 1. The van der Waals surface area contributed by atoms with E-state index in [1.165, 1.54) is 12.1 Å². The van der Waals surface area contributed by atoms with E-state index in [1.54, 1.807) is 6.07 Å². The SMILES string of the molecule is CCN(CC(=O)NC(C)C)c1ccc(F)cc1CNC. The summed E-state index contributed by atoms with van der Waals surface area (Å²) < 4.78 is 13.3. The molecule has 0 aliphatic carbocycles. The summed E-state index contributed by atoms with van der Waals surface area (Å²) in [6.45, 7) is 7.37. The van der Waals surface area contributed by atoms with Crippen LogP contribution in [-0.4, -0.2) is 32.1 Å². The molecule has 1 aromatic carbocycles. The number of rotatable bonds is 7. The second-order valence-electron chi connectivity index (χ2n) is 5.04. The van der Waals surface area contributed by atoms with E-state index in [2.05, 4.69) is 10.6 Å². The van der Waals surface area contributed by atoms with Gasteiger partial charge < -0.3 is 15.5 Å². The zero-order valence-corrected chi connectivity index (χ0v) is 12.7. The number of benzene rings is 1. The molecular weight excluding hydrogens is 257 g/mol. The number of nitrogens with one attached hydrogen (secondary N) is 2. The molecule has 0 atom stereocenters. The third-order valence-corrected chi connectivity index (χ3v) is 2.92. The molecule has 1 amide bonds. The Morgan fingerprint density at radius 2 is 2.10 bits per heavy atom. The average Bonchev–Trinajstić information content (AvgIpc) is 2.36. The predicted molar refractivity (Wildman–Crippen MR) is 80.3 cm³/mol. The molecular formula is C15H24FN3O. The highest BCUT2D eigenvalue weighted by molar-refractivity contribution is 5.81. The van der Waals surface area contributed by atoms with E-state index in [1.807, 2.05) is 32.7 Å². The minimum Gasteiger partial charge on any atom is -0.362 e. The van der Waals surface area contributed by atoms with Crippen LogP contribution in [0.25, 0.3) is 0 Å². The average molecular weight is 281 g/mol. The van der Waals surface area contributed by atoms with Crippen LogP contribution in [0, 0.1) is 5.82 Å². The quantitative estimate of drug-likeness (QED) is 0.802. The maximum Gasteiger partial charge on any atom is 0.239 e. The first-order valence-corrected chi connectivity index (χ1v) is 6.95. The fourth-order valence-corrected chi connectivity index (χ4v) is 2.10. The molecule has 2 N–H and O–H groups in total. The van der Waals surface area contributed by atoms with Crippen molar-refractivity contribution in [1.82, 2.24) is 10.6 Å². The van der Waals surface area contributed by atoms with E-state index in [0.29, 0.717) is 13.1 Å². The first kappa shape index (κ1) is 16.4. The molecule has 0 radical (unpaired) electrons. The summed E-state index contributed by atoms with van der Waals surface area (Å²) in [6, 6.07) is 4.78. The Labute approximate surface area is 120 Å². The Morgan fingerprint density at radius 1 is 1.40 bits per heavy atom. The largest absolute Gasteiger partial charge is 0.362 e. The van der Waals surface area contributed by atoms with Gasteiger partial charge in [-0.3, -0.25) is 4.79 Å². The van der Waals surface area contributed by atoms with Crippen molar-refractivity contribution in [2.24, 2.45) is 0 Å². The van der Waals surface area contributed by atoms with Crippen LogP contribution in [0.1, 0.15) is 26.3 Å². The molecule has 0 saturated carbocycles. The van der Waals surface area contributed by atoms with Crippen LogP contribution in [0.3, 0.4) is 0 Å². The number of hydrogen-bond donors (Lipinski definition) is 2. The Balaban J connectivity index is 2.91. The first-order valence-electron chi connectivity index (χ1n) is 6.95. The first-order chi connectivity index (χ1) is 9.47.